The minimum Gasteiger partial charge on any atom is -0.497 e. The predicted molar refractivity (Wildman–Crippen MR) is 116 cm³/mol. The summed E-state index contributed by atoms with van der Waals surface area (Å²) in [4.78, 5) is 7.57. The lowest BCUT2D eigenvalue weighted by atomic mass is 10.0. The number of aryl methyl sites for hydroxylation is 1. The molecule has 0 bridgehead atoms. The number of nitrogens with zero attached hydrogens (tertiary/aromatic N) is 2. The molecule has 2 atom stereocenters. The van der Waals surface area contributed by atoms with Gasteiger partial charge < -0.3 is 9.64 Å². The number of hydrogen-bond acceptors (Lipinski definition) is 3. The molecule has 1 heterocycles. The fraction of sp³-hybridized carbons (Fsp3) is 0.240. The number of anilines is 1. The monoisotopic (exact) mass is 370 g/mol. The third-order valence-corrected chi connectivity index (χ3v) is 5.46. The van der Waals surface area contributed by atoms with Crippen molar-refractivity contribution in [3.63, 3.8) is 0 Å². The van der Waals surface area contributed by atoms with Crippen LogP contribution in [0.3, 0.4) is 0 Å². The van der Waals surface area contributed by atoms with Crippen LogP contribution in [0.1, 0.15) is 36.7 Å². The van der Waals surface area contributed by atoms with E-state index in [1.54, 1.807) is 7.11 Å². The van der Waals surface area contributed by atoms with E-state index in [9.17, 15) is 0 Å². The first-order chi connectivity index (χ1) is 13.7. The molecule has 0 aromatic heterocycles. The number of rotatable bonds is 5. The topological polar surface area (TPSA) is 24.8 Å². The molecule has 1 aliphatic heterocycles. The maximum absolute atomic E-state index is 5.33. The summed E-state index contributed by atoms with van der Waals surface area (Å²) in [6.45, 7) is 4.42. The summed E-state index contributed by atoms with van der Waals surface area (Å²) in [5.41, 5.74) is 6.02. The van der Waals surface area contributed by atoms with E-state index < -0.39 is 0 Å². The third kappa shape index (κ3) is 3.40. The van der Waals surface area contributed by atoms with E-state index in [1.807, 2.05) is 12.1 Å². The van der Waals surface area contributed by atoms with Gasteiger partial charge >= 0.3 is 0 Å². The first-order valence-electron chi connectivity index (χ1n) is 9.85. The van der Waals surface area contributed by atoms with Crippen LogP contribution in [-0.4, -0.2) is 18.9 Å². The number of aliphatic imine (C=N–C) groups is 1. The molecule has 0 saturated heterocycles. The molecular formula is C25H26N2O. The van der Waals surface area contributed by atoms with E-state index in [1.165, 1.54) is 16.8 Å². The summed E-state index contributed by atoms with van der Waals surface area (Å²) in [5, 5.41) is 0. The maximum atomic E-state index is 5.33. The van der Waals surface area contributed by atoms with Crippen LogP contribution in [0, 0.1) is 0 Å². The fourth-order valence-corrected chi connectivity index (χ4v) is 3.85. The summed E-state index contributed by atoms with van der Waals surface area (Å²) in [7, 11) is 1.69. The molecule has 0 N–H and O–H groups in total. The molecule has 0 saturated carbocycles. The summed E-state index contributed by atoms with van der Waals surface area (Å²) in [6, 6.07) is 27.8. The minimum atomic E-state index is -0.0517. The Hall–Kier alpha value is -3.07. The molecule has 0 radical (unpaired) electrons. The van der Waals surface area contributed by atoms with Crippen molar-refractivity contribution in [1.29, 1.82) is 0 Å². The molecule has 3 heteroatoms. The van der Waals surface area contributed by atoms with Gasteiger partial charge in [0.1, 0.15) is 11.9 Å². The molecule has 0 amide bonds. The van der Waals surface area contributed by atoms with Crippen LogP contribution in [0.5, 0.6) is 5.75 Å². The van der Waals surface area contributed by atoms with E-state index in [2.05, 4.69) is 85.5 Å². The summed E-state index contributed by atoms with van der Waals surface area (Å²) >= 11 is 0. The van der Waals surface area contributed by atoms with Gasteiger partial charge in [-0.3, -0.25) is 4.99 Å². The van der Waals surface area contributed by atoms with Crippen LogP contribution in [0.2, 0.25) is 0 Å². The van der Waals surface area contributed by atoms with Gasteiger partial charge in [0.2, 0.25) is 0 Å². The Morgan fingerprint density at radius 1 is 0.893 bits per heavy atom. The number of methoxy groups -OCH3 is 1. The standard InChI is InChI=1S/C25H26N2O/c1-4-19-10-12-20(13-11-19)24-18(2)27(22-8-6-5-7-9-22)25(26-24)21-14-16-23(28-3)17-15-21/h5-18,25H,4H2,1-3H3. The zero-order chi connectivity index (χ0) is 19.5. The Bertz CT molecular complexity index is 946. The molecule has 0 spiro atoms. The Morgan fingerprint density at radius 3 is 2.18 bits per heavy atom. The summed E-state index contributed by atoms with van der Waals surface area (Å²) in [5.74, 6) is 0.861. The SMILES string of the molecule is CCc1ccc(C2=NC(c3ccc(OC)cc3)N(c3ccccc3)C2C)cc1. The van der Waals surface area contributed by atoms with Crippen molar-refractivity contribution >= 4 is 11.4 Å². The van der Waals surface area contributed by atoms with Crippen molar-refractivity contribution in [3.05, 3.63) is 95.6 Å². The lowest BCUT2D eigenvalue weighted by Crippen LogP contribution is -2.35. The zero-order valence-corrected chi connectivity index (χ0v) is 16.7. The lowest BCUT2D eigenvalue weighted by molar-refractivity contribution is 0.414. The number of hydrogen-bond donors (Lipinski definition) is 0. The van der Waals surface area contributed by atoms with Crippen molar-refractivity contribution in [2.24, 2.45) is 4.99 Å². The van der Waals surface area contributed by atoms with Gasteiger partial charge in [0.25, 0.3) is 0 Å². The highest BCUT2D eigenvalue weighted by Crippen LogP contribution is 2.37. The molecule has 3 aromatic carbocycles. The molecule has 3 nitrogen and oxygen atoms in total. The van der Waals surface area contributed by atoms with Gasteiger partial charge in [-0.05, 0) is 54.3 Å². The van der Waals surface area contributed by atoms with Crippen molar-refractivity contribution < 1.29 is 4.74 Å². The van der Waals surface area contributed by atoms with Crippen LogP contribution in [0.4, 0.5) is 5.69 Å². The van der Waals surface area contributed by atoms with E-state index in [4.69, 9.17) is 9.73 Å². The zero-order valence-electron chi connectivity index (χ0n) is 16.7. The van der Waals surface area contributed by atoms with E-state index >= 15 is 0 Å². The van der Waals surface area contributed by atoms with Gasteiger partial charge in [-0.1, -0.05) is 61.5 Å². The second-order valence-corrected chi connectivity index (χ2v) is 7.13. The van der Waals surface area contributed by atoms with Crippen molar-refractivity contribution in [2.45, 2.75) is 32.5 Å². The normalized spacial score (nSPS) is 18.8. The molecule has 4 rings (SSSR count). The van der Waals surface area contributed by atoms with E-state index in [0.29, 0.717) is 0 Å². The molecule has 0 aliphatic carbocycles. The smallest absolute Gasteiger partial charge is 0.148 e. The molecule has 1 aliphatic rings. The maximum Gasteiger partial charge on any atom is 0.148 e. The van der Waals surface area contributed by atoms with Gasteiger partial charge in [0, 0.05) is 5.69 Å². The van der Waals surface area contributed by atoms with Crippen LogP contribution < -0.4 is 9.64 Å². The van der Waals surface area contributed by atoms with Gasteiger partial charge in [-0.2, -0.15) is 0 Å². The van der Waals surface area contributed by atoms with Gasteiger partial charge in [0.05, 0.1) is 18.9 Å². The highest BCUT2D eigenvalue weighted by molar-refractivity contribution is 6.07. The van der Waals surface area contributed by atoms with Crippen LogP contribution >= 0.6 is 0 Å². The molecule has 0 fully saturated rings. The van der Waals surface area contributed by atoms with Crippen molar-refractivity contribution in [3.8, 4) is 5.75 Å². The molecule has 2 unspecified atom stereocenters. The van der Waals surface area contributed by atoms with Gasteiger partial charge in [0.15, 0.2) is 0 Å². The van der Waals surface area contributed by atoms with E-state index in [0.717, 1.165) is 23.4 Å². The van der Waals surface area contributed by atoms with Crippen LogP contribution in [0.15, 0.2) is 83.9 Å². The van der Waals surface area contributed by atoms with Gasteiger partial charge in [-0.25, -0.2) is 0 Å². The molecule has 3 aromatic rings. The first kappa shape index (κ1) is 18.3. The summed E-state index contributed by atoms with van der Waals surface area (Å²) in [6.07, 6.45) is 0.997. The predicted octanol–water partition coefficient (Wildman–Crippen LogP) is 5.65. The quantitative estimate of drug-likeness (QED) is 0.579. The highest BCUT2D eigenvalue weighted by atomic mass is 16.5. The Balaban J connectivity index is 1.76. The minimum absolute atomic E-state index is 0.0517. The first-order valence-corrected chi connectivity index (χ1v) is 9.85. The van der Waals surface area contributed by atoms with Crippen molar-refractivity contribution in [2.75, 3.05) is 12.0 Å². The Labute approximate surface area is 167 Å². The average Bonchev–Trinajstić information content (AvgIpc) is 3.11. The summed E-state index contributed by atoms with van der Waals surface area (Å²) < 4.78 is 5.33. The number of para-hydroxylation sites is 1. The van der Waals surface area contributed by atoms with E-state index in [-0.39, 0.29) is 12.2 Å². The largest absolute Gasteiger partial charge is 0.497 e. The van der Waals surface area contributed by atoms with Crippen LogP contribution in [-0.2, 0) is 6.42 Å². The fourth-order valence-electron chi connectivity index (χ4n) is 3.85. The Morgan fingerprint density at radius 2 is 1.57 bits per heavy atom. The highest BCUT2D eigenvalue weighted by Gasteiger charge is 2.35. The van der Waals surface area contributed by atoms with Crippen molar-refractivity contribution in [1.82, 2.24) is 0 Å². The van der Waals surface area contributed by atoms with Gasteiger partial charge in [-0.15, -0.1) is 0 Å². The van der Waals surface area contributed by atoms with Crippen LogP contribution in [0.25, 0.3) is 0 Å². The molecule has 142 valence electrons. The number of ether oxygens (including phenoxy) is 1. The molecular weight excluding hydrogens is 344 g/mol. The average molecular weight is 370 g/mol. The second-order valence-electron chi connectivity index (χ2n) is 7.13. The lowest BCUT2D eigenvalue weighted by Gasteiger charge is -2.30. The third-order valence-electron chi connectivity index (χ3n) is 5.46. The Kier molecular flexibility index (Phi) is 5.16. The second kappa shape index (κ2) is 7.89. The number of benzene rings is 3. The molecule has 28 heavy (non-hydrogen) atoms.